The monoisotopic (exact) mass is 387 g/mol. The summed E-state index contributed by atoms with van der Waals surface area (Å²) < 4.78 is 1.83. The second-order valence-corrected chi connectivity index (χ2v) is 7.08. The second kappa shape index (κ2) is 7.62. The van der Waals surface area contributed by atoms with Gasteiger partial charge in [-0.15, -0.1) is 11.3 Å². The van der Waals surface area contributed by atoms with Crippen molar-refractivity contribution >= 4 is 29.6 Å². The average molecular weight is 387 g/mol. The van der Waals surface area contributed by atoms with E-state index < -0.39 is 5.97 Å². The molecule has 0 radical (unpaired) electrons. The van der Waals surface area contributed by atoms with Crippen LogP contribution in [0, 0.1) is 6.92 Å². The molecule has 0 fully saturated rings. The fraction of sp³-hybridized carbons (Fsp3) is 0.0455. The summed E-state index contributed by atoms with van der Waals surface area (Å²) in [5, 5.41) is 16.0. The van der Waals surface area contributed by atoms with Gasteiger partial charge >= 0.3 is 5.97 Å². The summed E-state index contributed by atoms with van der Waals surface area (Å²) in [5.74, 6) is -1.03. The standard InChI is InChI=1S/C22H17N3O2S/c1-15-20(16-8-4-2-5-9-16)24-25(21(15)17-10-6-3-7-11-17)13-12-19-23-18(14-28-19)22(26)27/h2-14H,1H3,(H,26,27)/b13-12+. The van der Waals surface area contributed by atoms with Gasteiger partial charge in [0.1, 0.15) is 5.01 Å². The van der Waals surface area contributed by atoms with Gasteiger partial charge in [-0.1, -0.05) is 60.7 Å². The van der Waals surface area contributed by atoms with Crippen LogP contribution in [-0.4, -0.2) is 25.8 Å². The molecule has 0 aliphatic rings. The molecule has 2 aromatic heterocycles. The van der Waals surface area contributed by atoms with E-state index in [1.54, 1.807) is 6.08 Å². The zero-order valence-electron chi connectivity index (χ0n) is 15.1. The summed E-state index contributed by atoms with van der Waals surface area (Å²) in [5.41, 5.74) is 5.14. The predicted molar refractivity (Wildman–Crippen MR) is 112 cm³/mol. The zero-order chi connectivity index (χ0) is 19.5. The first kappa shape index (κ1) is 17.9. The topological polar surface area (TPSA) is 68.0 Å². The Kier molecular flexibility index (Phi) is 4.87. The van der Waals surface area contributed by atoms with Crippen LogP contribution in [0.1, 0.15) is 21.1 Å². The van der Waals surface area contributed by atoms with Gasteiger partial charge in [-0.05, 0) is 13.0 Å². The lowest BCUT2D eigenvalue weighted by atomic mass is 10.0. The molecule has 2 heterocycles. The lowest BCUT2D eigenvalue weighted by Crippen LogP contribution is -1.96. The minimum atomic E-state index is -1.03. The molecule has 4 aromatic rings. The van der Waals surface area contributed by atoms with Crippen LogP contribution in [0.15, 0.2) is 66.0 Å². The van der Waals surface area contributed by atoms with E-state index >= 15 is 0 Å². The molecule has 28 heavy (non-hydrogen) atoms. The lowest BCUT2D eigenvalue weighted by molar-refractivity contribution is 0.0691. The predicted octanol–water partition coefficient (Wildman–Crippen LogP) is 5.31. The van der Waals surface area contributed by atoms with E-state index in [-0.39, 0.29) is 5.69 Å². The van der Waals surface area contributed by atoms with Gasteiger partial charge < -0.3 is 5.11 Å². The molecule has 0 amide bonds. The number of benzene rings is 2. The molecule has 0 atom stereocenters. The molecule has 0 aliphatic heterocycles. The van der Waals surface area contributed by atoms with E-state index in [1.807, 2.05) is 59.4 Å². The second-order valence-electron chi connectivity index (χ2n) is 6.19. The quantitative estimate of drug-likeness (QED) is 0.504. The summed E-state index contributed by atoms with van der Waals surface area (Å²) >= 11 is 1.29. The lowest BCUT2D eigenvalue weighted by Gasteiger charge is -2.04. The van der Waals surface area contributed by atoms with Crippen molar-refractivity contribution in [3.8, 4) is 22.5 Å². The Morgan fingerprint density at radius 1 is 1.04 bits per heavy atom. The van der Waals surface area contributed by atoms with Crippen molar-refractivity contribution in [3.63, 3.8) is 0 Å². The van der Waals surface area contributed by atoms with Crippen molar-refractivity contribution in [2.24, 2.45) is 0 Å². The minimum Gasteiger partial charge on any atom is -0.476 e. The number of carboxylic acids is 1. The molecule has 138 valence electrons. The highest BCUT2D eigenvalue weighted by Crippen LogP contribution is 2.32. The zero-order valence-corrected chi connectivity index (χ0v) is 15.9. The molecular formula is C22H17N3O2S. The normalized spacial score (nSPS) is 11.2. The van der Waals surface area contributed by atoms with Gasteiger partial charge in [-0.3, -0.25) is 0 Å². The molecule has 0 saturated heterocycles. The molecule has 5 nitrogen and oxygen atoms in total. The highest BCUT2D eigenvalue weighted by molar-refractivity contribution is 7.10. The van der Waals surface area contributed by atoms with Crippen LogP contribution in [0.3, 0.4) is 0 Å². The van der Waals surface area contributed by atoms with Crippen molar-refractivity contribution < 1.29 is 9.90 Å². The maximum absolute atomic E-state index is 11.0. The van der Waals surface area contributed by atoms with Crippen LogP contribution >= 0.6 is 11.3 Å². The number of carbonyl (C=O) groups is 1. The fourth-order valence-corrected chi connectivity index (χ4v) is 3.71. The Balaban J connectivity index is 1.81. The van der Waals surface area contributed by atoms with Crippen molar-refractivity contribution in [1.29, 1.82) is 0 Å². The van der Waals surface area contributed by atoms with E-state index in [2.05, 4.69) is 24.0 Å². The number of hydrogen-bond acceptors (Lipinski definition) is 4. The number of aromatic nitrogens is 3. The van der Waals surface area contributed by atoms with Gasteiger partial charge in [0.05, 0.1) is 11.4 Å². The van der Waals surface area contributed by atoms with Crippen molar-refractivity contribution in [3.05, 3.63) is 82.3 Å². The number of thiazole rings is 1. The van der Waals surface area contributed by atoms with Crippen LogP contribution in [0.5, 0.6) is 0 Å². The largest absolute Gasteiger partial charge is 0.476 e. The van der Waals surface area contributed by atoms with Crippen LogP contribution in [0.2, 0.25) is 0 Å². The smallest absolute Gasteiger partial charge is 0.355 e. The van der Waals surface area contributed by atoms with Gasteiger partial charge in [-0.2, -0.15) is 5.10 Å². The van der Waals surface area contributed by atoms with Crippen LogP contribution < -0.4 is 0 Å². The number of nitrogens with zero attached hydrogens (tertiary/aromatic N) is 3. The summed E-state index contributed by atoms with van der Waals surface area (Å²) in [6.45, 7) is 2.06. The molecule has 0 spiro atoms. The minimum absolute atomic E-state index is 0.0505. The molecule has 2 aromatic carbocycles. The number of rotatable bonds is 5. The SMILES string of the molecule is Cc1c(-c2ccccc2)nn(/C=C/c2nc(C(=O)O)cs2)c1-c1ccccc1. The molecular weight excluding hydrogens is 370 g/mol. The van der Waals surface area contributed by atoms with E-state index in [0.717, 1.165) is 28.1 Å². The first-order chi connectivity index (χ1) is 13.6. The van der Waals surface area contributed by atoms with E-state index in [1.165, 1.54) is 16.7 Å². The number of aromatic carboxylic acids is 1. The third-order valence-electron chi connectivity index (χ3n) is 4.34. The summed E-state index contributed by atoms with van der Waals surface area (Å²) in [6.07, 6.45) is 3.61. The Bertz CT molecular complexity index is 1150. The third kappa shape index (κ3) is 3.50. The summed E-state index contributed by atoms with van der Waals surface area (Å²) in [7, 11) is 0. The fourth-order valence-electron chi connectivity index (χ4n) is 3.04. The molecule has 0 aliphatic carbocycles. The molecule has 1 N–H and O–H groups in total. The van der Waals surface area contributed by atoms with Crippen LogP contribution in [-0.2, 0) is 0 Å². The molecule has 0 unspecified atom stereocenters. The summed E-state index contributed by atoms with van der Waals surface area (Å²) in [4.78, 5) is 15.1. The first-order valence-corrected chi connectivity index (χ1v) is 9.58. The first-order valence-electron chi connectivity index (χ1n) is 8.70. The van der Waals surface area contributed by atoms with Gasteiger partial charge in [0.2, 0.25) is 0 Å². The van der Waals surface area contributed by atoms with Crippen molar-refractivity contribution in [2.45, 2.75) is 6.92 Å². The maximum Gasteiger partial charge on any atom is 0.355 e. The van der Waals surface area contributed by atoms with E-state index in [0.29, 0.717) is 5.01 Å². The Labute approximate surface area is 166 Å². The van der Waals surface area contributed by atoms with Gasteiger partial charge in [0.15, 0.2) is 5.69 Å². The van der Waals surface area contributed by atoms with Crippen molar-refractivity contribution in [1.82, 2.24) is 14.8 Å². The van der Waals surface area contributed by atoms with Gasteiger partial charge in [0, 0.05) is 28.3 Å². The Morgan fingerprint density at radius 3 is 2.29 bits per heavy atom. The Morgan fingerprint density at radius 2 is 1.68 bits per heavy atom. The van der Waals surface area contributed by atoms with Gasteiger partial charge in [0.25, 0.3) is 0 Å². The van der Waals surface area contributed by atoms with Crippen LogP contribution in [0.25, 0.3) is 34.8 Å². The Hall–Kier alpha value is -3.51. The highest BCUT2D eigenvalue weighted by Gasteiger charge is 2.16. The average Bonchev–Trinajstić information content (AvgIpc) is 3.32. The number of hydrogen-bond donors (Lipinski definition) is 1. The van der Waals surface area contributed by atoms with Crippen LogP contribution in [0.4, 0.5) is 0 Å². The molecule has 0 bridgehead atoms. The van der Waals surface area contributed by atoms with E-state index in [4.69, 9.17) is 10.2 Å². The molecule has 6 heteroatoms. The van der Waals surface area contributed by atoms with Crippen molar-refractivity contribution in [2.75, 3.05) is 0 Å². The van der Waals surface area contributed by atoms with E-state index in [9.17, 15) is 4.79 Å². The highest BCUT2D eigenvalue weighted by atomic mass is 32.1. The summed E-state index contributed by atoms with van der Waals surface area (Å²) in [6, 6.07) is 20.1. The molecule has 4 rings (SSSR count). The molecule has 0 saturated carbocycles. The van der Waals surface area contributed by atoms with Gasteiger partial charge in [-0.25, -0.2) is 14.5 Å². The maximum atomic E-state index is 11.0. The number of carboxylic acid groups (broad SMARTS) is 1. The third-order valence-corrected chi connectivity index (χ3v) is 5.15.